The summed E-state index contributed by atoms with van der Waals surface area (Å²) in [6, 6.07) is 9.97. The van der Waals surface area contributed by atoms with Crippen LogP contribution in [0.2, 0.25) is 0 Å². The van der Waals surface area contributed by atoms with Crippen molar-refractivity contribution in [3.05, 3.63) is 30.3 Å². The Bertz CT molecular complexity index is 466. The Hall–Kier alpha value is -2.04. The first kappa shape index (κ1) is 15.4. The molecule has 0 aliphatic heterocycles. The number of nitrogens with one attached hydrogen (secondary N) is 2. The molecule has 114 valence electrons. The van der Waals surface area contributed by atoms with Gasteiger partial charge in [0.15, 0.2) is 5.96 Å². The quantitative estimate of drug-likeness (QED) is 0.574. The third-order valence-corrected chi connectivity index (χ3v) is 3.64. The maximum absolute atomic E-state index is 11.8. The summed E-state index contributed by atoms with van der Waals surface area (Å²) in [6.07, 6.45) is 6.32. The van der Waals surface area contributed by atoms with Crippen LogP contribution >= 0.6 is 0 Å². The maximum atomic E-state index is 11.8. The minimum atomic E-state index is 0.0677. The van der Waals surface area contributed by atoms with Gasteiger partial charge in [0.25, 0.3) is 0 Å². The van der Waals surface area contributed by atoms with Gasteiger partial charge in [-0.2, -0.15) is 0 Å². The Balaban J connectivity index is 1.67. The van der Waals surface area contributed by atoms with E-state index in [1.54, 1.807) is 0 Å². The van der Waals surface area contributed by atoms with Gasteiger partial charge in [-0.05, 0) is 25.0 Å². The predicted octanol–water partition coefficient (Wildman–Crippen LogP) is 2.25. The third-order valence-electron chi connectivity index (χ3n) is 3.64. The zero-order chi connectivity index (χ0) is 14.9. The summed E-state index contributed by atoms with van der Waals surface area (Å²) in [7, 11) is 0. The van der Waals surface area contributed by atoms with Crippen LogP contribution in [0.3, 0.4) is 0 Å². The van der Waals surface area contributed by atoms with E-state index in [4.69, 9.17) is 5.73 Å². The number of hydrogen-bond acceptors (Lipinski definition) is 2. The van der Waals surface area contributed by atoms with Crippen LogP contribution in [-0.4, -0.2) is 24.5 Å². The Morgan fingerprint density at radius 3 is 2.62 bits per heavy atom. The maximum Gasteiger partial charge on any atom is 0.222 e. The topological polar surface area (TPSA) is 79.5 Å². The highest BCUT2D eigenvalue weighted by atomic mass is 16.1. The smallest absolute Gasteiger partial charge is 0.222 e. The van der Waals surface area contributed by atoms with E-state index in [1.807, 2.05) is 30.3 Å². The molecule has 21 heavy (non-hydrogen) atoms. The van der Waals surface area contributed by atoms with E-state index in [0.717, 1.165) is 18.5 Å². The van der Waals surface area contributed by atoms with E-state index in [2.05, 4.69) is 15.6 Å². The lowest BCUT2D eigenvalue weighted by Gasteiger charge is -2.22. The number of rotatable bonds is 5. The number of amides is 1. The molecule has 0 atom stereocenters. The molecule has 1 fully saturated rings. The number of carbonyl (C=O) groups excluding carboxylic acids is 1. The average molecular weight is 288 g/mol. The van der Waals surface area contributed by atoms with Gasteiger partial charge in [-0.25, -0.2) is 0 Å². The van der Waals surface area contributed by atoms with Crippen molar-refractivity contribution in [2.45, 2.75) is 44.6 Å². The van der Waals surface area contributed by atoms with Crippen molar-refractivity contribution in [3.8, 4) is 0 Å². The normalized spacial score (nSPS) is 16.5. The second kappa shape index (κ2) is 8.29. The average Bonchev–Trinajstić information content (AvgIpc) is 2.49. The summed E-state index contributed by atoms with van der Waals surface area (Å²) >= 11 is 0. The van der Waals surface area contributed by atoms with Gasteiger partial charge < -0.3 is 16.4 Å². The predicted molar refractivity (Wildman–Crippen MR) is 86.2 cm³/mol. The van der Waals surface area contributed by atoms with Crippen LogP contribution < -0.4 is 16.4 Å². The molecule has 4 N–H and O–H groups in total. The number of nitrogens with zero attached hydrogens (tertiary/aromatic N) is 1. The molecule has 5 heteroatoms. The van der Waals surface area contributed by atoms with E-state index < -0.39 is 0 Å². The highest BCUT2D eigenvalue weighted by molar-refractivity contribution is 5.92. The van der Waals surface area contributed by atoms with Crippen molar-refractivity contribution in [1.29, 1.82) is 0 Å². The Labute approximate surface area is 126 Å². The second-order valence-electron chi connectivity index (χ2n) is 5.41. The summed E-state index contributed by atoms with van der Waals surface area (Å²) in [6.45, 7) is 0.407. The fraction of sp³-hybridized carbons (Fsp3) is 0.500. The highest BCUT2D eigenvalue weighted by Crippen LogP contribution is 2.17. The van der Waals surface area contributed by atoms with Crippen LogP contribution in [-0.2, 0) is 4.79 Å². The van der Waals surface area contributed by atoms with Gasteiger partial charge in [-0.3, -0.25) is 9.79 Å². The highest BCUT2D eigenvalue weighted by Gasteiger charge is 2.15. The lowest BCUT2D eigenvalue weighted by molar-refractivity contribution is -0.121. The standard InChI is InChI=1S/C16H24N4O/c17-16(20-14-9-5-2-6-10-14)18-12-11-15(21)19-13-7-3-1-4-8-13/h2,5-6,9-10,13H,1,3-4,7-8,11-12H2,(H,19,21)(H3,17,18,20). The minimum absolute atomic E-state index is 0.0677. The van der Waals surface area contributed by atoms with Crippen molar-refractivity contribution < 1.29 is 4.79 Å². The molecule has 1 amide bonds. The number of nitrogens with two attached hydrogens (primary N) is 1. The summed E-state index contributed by atoms with van der Waals surface area (Å²) in [5.41, 5.74) is 6.68. The van der Waals surface area contributed by atoms with Crippen molar-refractivity contribution in [2.75, 3.05) is 11.9 Å². The number of aliphatic imine (C=N–C) groups is 1. The molecule has 0 aromatic heterocycles. The molecule has 0 unspecified atom stereocenters. The molecular weight excluding hydrogens is 264 g/mol. The fourth-order valence-electron chi connectivity index (χ4n) is 2.53. The Kier molecular flexibility index (Phi) is 6.06. The number of guanidine groups is 1. The van der Waals surface area contributed by atoms with Crippen molar-refractivity contribution >= 4 is 17.6 Å². The van der Waals surface area contributed by atoms with Gasteiger partial charge in [-0.1, -0.05) is 37.5 Å². The molecule has 0 saturated heterocycles. The van der Waals surface area contributed by atoms with Gasteiger partial charge in [0.1, 0.15) is 0 Å². The van der Waals surface area contributed by atoms with Gasteiger partial charge in [0.05, 0.1) is 6.54 Å². The lowest BCUT2D eigenvalue weighted by atomic mass is 9.95. The third kappa shape index (κ3) is 5.85. The molecule has 1 aromatic rings. The van der Waals surface area contributed by atoms with Gasteiger partial charge in [0, 0.05) is 18.2 Å². The van der Waals surface area contributed by atoms with Crippen LogP contribution in [0.15, 0.2) is 35.3 Å². The second-order valence-corrected chi connectivity index (χ2v) is 5.41. The molecule has 5 nitrogen and oxygen atoms in total. The summed E-state index contributed by atoms with van der Waals surface area (Å²) < 4.78 is 0. The van der Waals surface area contributed by atoms with E-state index in [0.29, 0.717) is 25.0 Å². The van der Waals surface area contributed by atoms with Crippen LogP contribution in [0, 0.1) is 0 Å². The largest absolute Gasteiger partial charge is 0.370 e. The van der Waals surface area contributed by atoms with Crippen molar-refractivity contribution in [2.24, 2.45) is 10.7 Å². The zero-order valence-corrected chi connectivity index (χ0v) is 12.3. The first-order valence-electron chi connectivity index (χ1n) is 7.65. The molecule has 1 aliphatic rings. The van der Waals surface area contributed by atoms with Crippen LogP contribution in [0.25, 0.3) is 0 Å². The SMILES string of the molecule is NC(=NCCC(=O)NC1CCCCC1)Nc1ccccc1. The van der Waals surface area contributed by atoms with Crippen molar-refractivity contribution in [1.82, 2.24) is 5.32 Å². The van der Waals surface area contributed by atoms with E-state index >= 15 is 0 Å². The Morgan fingerprint density at radius 1 is 1.19 bits per heavy atom. The van der Waals surface area contributed by atoms with Crippen LogP contribution in [0.4, 0.5) is 5.69 Å². The minimum Gasteiger partial charge on any atom is -0.370 e. The zero-order valence-electron chi connectivity index (χ0n) is 12.3. The lowest BCUT2D eigenvalue weighted by Crippen LogP contribution is -2.36. The number of hydrogen-bond donors (Lipinski definition) is 3. The van der Waals surface area contributed by atoms with E-state index in [1.165, 1.54) is 19.3 Å². The number of benzene rings is 1. The molecule has 1 aromatic carbocycles. The van der Waals surface area contributed by atoms with Crippen LogP contribution in [0.1, 0.15) is 38.5 Å². The first-order chi connectivity index (χ1) is 10.2. The molecule has 2 rings (SSSR count). The molecular formula is C16H24N4O. The monoisotopic (exact) mass is 288 g/mol. The fourth-order valence-corrected chi connectivity index (χ4v) is 2.53. The molecule has 1 saturated carbocycles. The molecule has 0 radical (unpaired) electrons. The molecule has 0 bridgehead atoms. The van der Waals surface area contributed by atoms with Gasteiger partial charge >= 0.3 is 0 Å². The number of carbonyl (C=O) groups is 1. The number of para-hydroxylation sites is 1. The molecule has 1 aliphatic carbocycles. The van der Waals surface area contributed by atoms with Gasteiger partial charge in [-0.15, -0.1) is 0 Å². The van der Waals surface area contributed by atoms with Crippen LogP contribution in [0.5, 0.6) is 0 Å². The molecule has 0 heterocycles. The molecule has 0 spiro atoms. The van der Waals surface area contributed by atoms with Gasteiger partial charge in [0.2, 0.25) is 5.91 Å². The Morgan fingerprint density at radius 2 is 1.90 bits per heavy atom. The summed E-state index contributed by atoms with van der Waals surface area (Å²) in [5.74, 6) is 0.407. The first-order valence-corrected chi connectivity index (χ1v) is 7.65. The van der Waals surface area contributed by atoms with E-state index in [-0.39, 0.29) is 5.91 Å². The van der Waals surface area contributed by atoms with Crippen molar-refractivity contribution in [3.63, 3.8) is 0 Å². The number of anilines is 1. The summed E-state index contributed by atoms with van der Waals surface area (Å²) in [5, 5.41) is 6.07. The van der Waals surface area contributed by atoms with E-state index in [9.17, 15) is 4.79 Å². The summed E-state index contributed by atoms with van der Waals surface area (Å²) in [4.78, 5) is 16.0.